The van der Waals surface area contributed by atoms with E-state index in [4.69, 9.17) is 11.5 Å². The Morgan fingerprint density at radius 2 is 1.10 bits per heavy atom. The van der Waals surface area contributed by atoms with Crippen molar-refractivity contribution in [1.29, 1.82) is 0 Å². The van der Waals surface area contributed by atoms with E-state index in [1.54, 1.807) is 0 Å². The molecule has 0 radical (unpaired) electrons. The summed E-state index contributed by atoms with van der Waals surface area (Å²) in [4.78, 5) is 5.12. The van der Waals surface area contributed by atoms with Crippen LogP contribution in [0.25, 0.3) is 0 Å². The van der Waals surface area contributed by atoms with E-state index in [1.165, 1.54) is 0 Å². The van der Waals surface area contributed by atoms with Crippen molar-refractivity contribution in [2.24, 2.45) is 11.5 Å². The molecule has 4 nitrogen and oxygen atoms in total. The molecule has 0 aromatic carbocycles. The van der Waals surface area contributed by atoms with Gasteiger partial charge in [0.2, 0.25) is 0 Å². The van der Waals surface area contributed by atoms with E-state index in [0.29, 0.717) is 0 Å². The van der Waals surface area contributed by atoms with Gasteiger partial charge in [0.1, 0.15) is 0 Å². The summed E-state index contributed by atoms with van der Waals surface area (Å²) in [6, 6.07) is 0. The Morgan fingerprint density at radius 1 is 0.714 bits per heavy atom. The Bertz CT molecular complexity index is 339. The molecule has 0 aromatic heterocycles. The molecule has 0 amide bonds. The van der Waals surface area contributed by atoms with Gasteiger partial charge in [0.05, 0.1) is 0 Å². The van der Waals surface area contributed by atoms with Crippen molar-refractivity contribution in [2.75, 3.05) is 26.2 Å². The van der Waals surface area contributed by atoms with Crippen LogP contribution >= 0.6 is 0 Å². The summed E-state index contributed by atoms with van der Waals surface area (Å²) in [5.41, 5.74) is 12.4. The van der Waals surface area contributed by atoms with E-state index >= 15 is 0 Å². The zero-order valence-corrected chi connectivity index (χ0v) is 15.6. The molecule has 1 aliphatic rings. The van der Waals surface area contributed by atoms with Crippen LogP contribution in [0.4, 0.5) is 0 Å². The maximum absolute atomic E-state index is 6.38. The van der Waals surface area contributed by atoms with Crippen LogP contribution in [0.3, 0.4) is 0 Å². The third-order valence-corrected chi connectivity index (χ3v) is 5.39. The van der Waals surface area contributed by atoms with Gasteiger partial charge < -0.3 is 11.5 Å². The molecule has 4 heteroatoms. The lowest BCUT2D eigenvalue weighted by Gasteiger charge is -2.53. The van der Waals surface area contributed by atoms with Crippen molar-refractivity contribution in [1.82, 2.24) is 9.80 Å². The first-order valence-electron chi connectivity index (χ1n) is 8.25. The molecule has 0 spiro atoms. The lowest BCUT2D eigenvalue weighted by molar-refractivity contribution is -0.0211. The lowest BCUT2D eigenvalue weighted by atomic mass is 9.81. The van der Waals surface area contributed by atoms with Crippen LogP contribution in [0.2, 0.25) is 0 Å². The molecule has 1 rings (SSSR count). The second kappa shape index (κ2) is 5.80. The minimum atomic E-state index is -0.204. The van der Waals surface area contributed by atoms with Gasteiger partial charge in [0.15, 0.2) is 0 Å². The van der Waals surface area contributed by atoms with Gasteiger partial charge in [-0.15, -0.1) is 0 Å². The molecule has 4 N–H and O–H groups in total. The average molecular weight is 299 g/mol. The Labute approximate surface area is 132 Å². The van der Waals surface area contributed by atoms with E-state index in [2.05, 4.69) is 65.2 Å². The monoisotopic (exact) mass is 298 g/mol. The fourth-order valence-corrected chi connectivity index (χ4v) is 3.51. The molecule has 21 heavy (non-hydrogen) atoms. The van der Waals surface area contributed by atoms with Crippen LogP contribution in [0.15, 0.2) is 0 Å². The normalized spacial score (nSPS) is 20.9. The number of nitrogens with zero attached hydrogens (tertiary/aromatic N) is 2. The van der Waals surface area contributed by atoms with Gasteiger partial charge >= 0.3 is 0 Å². The van der Waals surface area contributed by atoms with Gasteiger partial charge in [0.25, 0.3) is 0 Å². The molecular weight excluding hydrogens is 260 g/mol. The highest BCUT2D eigenvalue weighted by molar-refractivity contribution is 5.01. The summed E-state index contributed by atoms with van der Waals surface area (Å²) < 4.78 is 0. The zero-order valence-electron chi connectivity index (χ0n) is 15.6. The number of piperazine rings is 1. The van der Waals surface area contributed by atoms with Crippen molar-refractivity contribution in [3.63, 3.8) is 0 Å². The number of nitrogens with two attached hydrogens (primary N) is 2. The maximum Gasteiger partial charge on any atom is 0.0328 e. The van der Waals surface area contributed by atoms with E-state index in [9.17, 15) is 0 Å². The smallest absolute Gasteiger partial charge is 0.0328 e. The third kappa shape index (κ3) is 4.65. The molecular formula is C17H38N4. The molecule has 1 aliphatic heterocycles. The van der Waals surface area contributed by atoms with Crippen molar-refractivity contribution in [3.05, 3.63) is 0 Å². The predicted octanol–water partition coefficient (Wildman–Crippen LogP) is 2.03. The van der Waals surface area contributed by atoms with Gasteiger partial charge in [-0.05, 0) is 61.8 Å². The second-order valence-corrected chi connectivity index (χ2v) is 9.23. The van der Waals surface area contributed by atoms with Crippen molar-refractivity contribution < 1.29 is 0 Å². The summed E-state index contributed by atoms with van der Waals surface area (Å²) in [5.74, 6) is 0. The third-order valence-electron chi connectivity index (χ3n) is 5.39. The van der Waals surface area contributed by atoms with Gasteiger partial charge in [-0.3, -0.25) is 9.80 Å². The minimum Gasteiger partial charge on any atom is -0.325 e. The quantitative estimate of drug-likeness (QED) is 0.815. The fourth-order valence-electron chi connectivity index (χ4n) is 3.51. The molecule has 126 valence electrons. The zero-order chi connectivity index (χ0) is 16.7. The Balaban J connectivity index is 2.68. The van der Waals surface area contributed by atoms with E-state index in [1.807, 2.05) is 0 Å². The van der Waals surface area contributed by atoms with Crippen LogP contribution in [0.1, 0.15) is 61.8 Å². The van der Waals surface area contributed by atoms with Crippen LogP contribution in [0.5, 0.6) is 0 Å². The van der Waals surface area contributed by atoms with Crippen LogP contribution < -0.4 is 11.5 Å². The fraction of sp³-hybridized carbons (Fsp3) is 1.00. The predicted molar refractivity (Wildman–Crippen MR) is 92.5 cm³/mol. The van der Waals surface area contributed by atoms with E-state index < -0.39 is 0 Å². The minimum absolute atomic E-state index is 0.0103. The van der Waals surface area contributed by atoms with Gasteiger partial charge in [-0.2, -0.15) is 0 Å². The summed E-state index contributed by atoms with van der Waals surface area (Å²) in [5, 5.41) is 0. The van der Waals surface area contributed by atoms with Crippen molar-refractivity contribution >= 4 is 0 Å². The SMILES string of the molecule is CC(C)(N)CC(C)(C)N1CCN(C(C)(C)C(C)(C)N)CC1. The van der Waals surface area contributed by atoms with Crippen LogP contribution in [-0.4, -0.2) is 58.1 Å². The maximum atomic E-state index is 6.38. The van der Waals surface area contributed by atoms with E-state index in [-0.39, 0.29) is 22.2 Å². The van der Waals surface area contributed by atoms with E-state index in [0.717, 1.165) is 32.6 Å². The number of rotatable bonds is 5. The highest BCUT2D eigenvalue weighted by Gasteiger charge is 2.42. The molecule has 0 saturated carbocycles. The first kappa shape index (κ1) is 18.9. The first-order valence-corrected chi connectivity index (χ1v) is 8.25. The summed E-state index contributed by atoms with van der Waals surface area (Å²) >= 11 is 0. The van der Waals surface area contributed by atoms with Gasteiger partial charge in [-0.25, -0.2) is 0 Å². The highest BCUT2D eigenvalue weighted by atomic mass is 15.3. The largest absolute Gasteiger partial charge is 0.325 e. The number of hydrogen-bond donors (Lipinski definition) is 2. The first-order chi connectivity index (χ1) is 9.17. The Morgan fingerprint density at radius 3 is 1.43 bits per heavy atom. The molecule has 0 aliphatic carbocycles. The standard InChI is InChI=1S/C17H38N4/c1-14(2,18)13-15(3,4)20-9-11-21(12-10-20)17(7,8)16(5,6)19/h9-13,18-19H2,1-8H3. The molecule has 1 saturated heterocycles. The van der Waals surface area contributed by atoms with Crippen LogP contribution in [-0.2, 0) is 0 Å². The topological polar surface area (TPSA) is 58.5 Å². The second-order valence-electron chi connectivity index (χ2n) is 9.23. The lowest BCUT2D eigenvalue weighted by Crippen LogP contribution is -2.67. The Hall–Kier alpha value is -0.160. The number of hydrogen-bond acceptors (Lipinski definition) is 4. The summed E-state index contributed by atoms with van der Waals surface area (Å²) in [6.45, 7) is 21.9. The highest BCUT2D eigenvalue weighted by Crippen LogP contribution is 2.30. The molecule has 1 fully saturated rings. The molecule has 0 aromatic rings. The molecule has 1 heterocycles. The van der Waals surface area contributed by atoms with Crippen LogP contribution in [0, 0.1) is 0 Å². The summed E-state index contributed by atoms with van der Waals surface area (Å²) in [7, 11) is 0. The summed E-state index contributed by atoms with van der Waals surface area (Å²) in [6.07, 6.45) is 1.01. The Kier molecular flexibility index (Phi) is 5.22. The van der Waals surface area contributed by atoms with Crippen molar-refractivity contribution in [3.8, 4) is 0 Å². The average Bonchev–Trinajstić information content (AvgIpc) is 2.24. The van der Waals surface area contributed by atoms with Gasteiger partial charge in [-0.1, -0.05) is 0 Å². The molecule has 0 bridgehead atoms. The van der Waals surface area contributed by atoms with Crippen molar-refractivity contribution in [2.45, 2.75) is 84.0 Å². The molecule has 0 unspecified atom stereocenters. The molecule has 0 atom stereocenters. The van der Waals surface area contributed by atoms with Gasteiger partial charge in [0, 0.05) is 48.3 Å².